The van der Waals surface area contributed by atoms with Gasteiger partial charge in [-0.25, -0.2) is 0 Å². The Kier molecular flexibility index (Phi) is 8.87. The summed E-state index contributed by atoms with van der Waals surface area (Å²) in [6.07, 6.45) is -2.06. The van der Waals surface area contributed by atoms with Crippen LogP contribution in [0.25, 0.3) is 11.0 Å². The summed E-state index contributed by atoms with van der Waals surface area (Å²) in [6.45, 7) is 8.27. The van der Waals surface area contributed by atoms with Crippen LogP contribution in [-0.2, 0) is 23.8 Å². The number of hydrogen-bond acceptors (Lipinski definition) is 5. The Bertz CT molecular complexity index is 1190. The number of rotatable bonds is 12. The first-order valence-corrected chi connectivity index (χ1v) is 12.2. The Morgan fingerprint density at radius 1 is 1.11 bits per heavy atom. The number of halogens is 3. The molecule has 6 nitrogen and oxygen atoms in total. The van der Waals surface area contributed by atoms with Crippen LogP contribution in [0.3, 0.4) is 0 Å². The first-order chi connectivity index (χ1) is 17.1. The Labute approximate surface area is 208 Å². The number of benzene rings is 2. The van der Waals surface area contributed by atoms with Gasteiger partial charge in [-0.15, -0.1) is 0 Å². The molecule has 1 aromatic heterocycles. The predicted molar refractivity (Wildman–Crippen MR) is 130 cm³/mol. The van der Waals surface area contributed by atoms with Crippen LogP contribution in [0.4, 0.5) is 13.2 Å². The fourth-order valence-corrected chi connectivity index (χ4v) is 4.20. The van der Waals surface area contributed by atoms with Gasteiger partial charge in [0, 0.05) is 12.0 Å². The van der Waals surface area contributed by atoms with Crippen LogP contribution in [0.2, 0.25) is 0 Å². The number of alkyl halides is 3. The van der Waals surface area contributed by atoms with Gasteiger partial charge in [0.25, 0.3) is 0 Å². The van der Waals surface area contributed by atoms with Crippen LogP contribution in [0.1, 0.15) is 68.8 Å². The second-order valence-electron chi connectivity index (χ2n) is 8.88. The third-order valence-corrected chi connectivity index (χ3v) is 6.41. The highest BCUT2D eigenvalue weighted by atomic mass is 19.4. The van der Waals surface area contributed by atoms with E-state index in [0.717, 1.165) is 17.5 Å². The molecule has 0 aliphatic carbocycles. The molecule has 2 aromatic carbocycles. The number of fused-ring (bicyclic) bond motifs is 1. The number of aryl methyl sites for hydroxylation is 2. The molecule has 9 heteroatoms. The summed E-state index contributed by atoms with van der Waals surface area (Å²) in [4.78, 5) is 11.4. The quantitative estimate of drug-likeness (QED) is 0.265. The number of nitrogens with zero attached hydrogens (tertiary/aromatic N) is 1. The lowest BCUT2D eigenvalue weighted by atomic mass is 9.85. The van der Waals surface area contributed by atoms with Gasteiger partial charge in [-0.3, -0.25) is 4.79 Å². The summed E-state index contributed by atoms with van der Waals surface area (Å²) in [5, 5.41) is 12.5. The van der Waals surface area contributed by atoms with Crippen LogP contribution < -0.4 is 9.47 Å². The van der Waals surface area contributed by atoms with Gasteiger partial charge in [-0.1, -0.05) is 45.3 Å². The lowest BCUT2D eigenvalue weighted by Gasteiger charge is -2.20. The number of hydrogen-bond donors (Lipinski definition) is 1. The summed E-state index contributed by atoms with van der Waals surface area (Å²) >= 11 is 0. The van der Waals surface area contributed by atoms with Crippen molar-refractivity contribution < 1.29 is 37.1 Å². The van der Waals surface area contributed by atoms with E-state index >= 15 is 0 Å². The zero-order valence-electron chi connectivity index (χ0n) is 20.9. The molecular weight excluding hydrogens is 475 g/mol. The van der Waals surface area contributed by atoms with E-state index in [-0.39, 0.29) is 16.9 Å². The average Bonchev–Trinajstić information content (AvgIpc) is 3.29. The van der Waals surface area contributed by atoms with E-state index in [1.54, 1.807) is 6.92 Å². The molecule has 3 aromatic rings. The summed E-state index contributed by atoms with van der Waals surface area (Å²) in [5.74, 6) is -0.261. The summed E-state index contributed by atoms with van der Waals surface area (Å²) in [5.41, 5.74) is 1.71. The average molecular weight is 508 g/mol. The first-order valence-electron chi connectivity index (χ1n) is 12.2. The third-order valence-electron chi connectivity index (χ3n) is 6.41. The standard InChI is InChI=1S/C27H32F3NO5/c1-5-8-21-23(12-11-22-24(21)36-31-25(22)27(28,29)30)35-14-7-13-34-19-9-10-20(18(6-2)15-19)16(3)17(4)26(32)33/h9-12,15-17H,5-8,13-14H2,1-4H3,(H,32,33)/t16-,17-/m1/s1. The fraction of sp³-hybridized carbons (Fsp3) is 0.481. The molecule has 196 valence electrons. The van der Waals surface area contributed by atoms with Gasteiger partial charge >= 0.3 is 12.1 Å². The Morgan fingerprint density at radius 3 is 2.47 bits per heavy atom. The molecule has 0 saturated carbocycles. The molecule has 0 saturated heterocycles. The van der Waals surface area contributed by atoms with Gasteiger partial charge in [0.15, 0.2) is 11.3 Å². The Morgan fingerprint density at radius 2 is 1.83 bits per heavy atom. The predicted octanol–water partition coefficient (Wildman–Crippen LogP) is 7.03. The Hall–Kier alpha value is -3.23. The largest absolute Gasteiger partial charge is 0.493 e. The van der Waals surface area contributed by atoms with Crippen molar-refractivity contribution in [2.45, 2.75) is 65.5 Å². The second kappa shape index (κ2) is 11.7. The van der Waals surface area contributed by atoms with Crippen molar-refractivity contribution in [3.63, 3.8) is 0 Å². The van der Waals surface area contributed by atoms with Crippen LogP contribution in [0.15, 0.2) is 34.9 Å². The second-order valence-corrected chi connectivity index (χ2v) is 8.88. The monoisotopic (exact) mass is 507 g/mol. The maximum absolute atomic E-state index is 13.2. The van der Waals surface area contributed by atoms with Crippen LogP contribution in [0, 0.1) is 5.92 Å². The maximum atomic E-state index is 13.2. The van der Waals surface area contributed by atoms with Gasteiger partial charge in [-0.05, 0) is 54.2 Å². The minimum Gasteiger partial charge on any atom is -0.493 e. The van der Waals surface area contributed by atoms with Crippen molar-refractivity contribution in [2.24, 2.45) is 5.92 Å². The molecule has 0 aliphatic heterocycles. The smallest absolute Gasteiger partial charge is 0.437 e. The van der Waals surface area contributed by atoms with Crippen molar-refractivity contribution in [1.82, 2.24) is 5.16 Å². The van der Waals surface area contributed by atoms with Crippen molar-refractivity contribution >= 4 is 16.9 Å². The van der Waals surface area contributed by atoms with E-state index in [2.05, 4.69) is 5.16 Å². The molecule has 0 amide bonds. The molecule has 0 unspecified atom stereocenters. The molecule has 0 spiro atoms. The fourth-order valence-electron chi connectivity index (χ4n) is 4.20. The highest BCUT2D eigenvalue weighted by molar-refractivity contribution is 5.85. The molecule has 2 atom stereocenters. The molecule has 0 aliphatic rings. The van der Waals surface area contributed by atoms with Crippen LogP contribution in [0.5, 0.6) is 11.5 Å². The summed E-state index contributed by atoms with van der Waals surface area (Å²) < 4.78 is 56.3. The van der Waals surface area contributed by atoms with E-state index in [9.17, 15) is 23.1 Å². The molecule has 0 fully saturated rings. The summed E-state index contributed by atoms with van der Waals surface area (Å²) in [6, 6.07) is 8.58. The number of carboxylic acid groups (broad SMARTS) is 1. The van der Waals surface area contributed by atoms with Crippen LogP contribution in [-0.4, -0.2) is 29.4 Å². The van der Waals surface area contributed by atoms with Gasteiger partial charge in [0.05, 0.1) is 24.5 Å². The lowest BCUT2D eigenvalue weighted by Crippen LogP contribution is -2.17. The van der Waals surface area contributed by atoms with E-state index in [0.29, 0.717) is 49.5 Å². The highest BCUT2D eigenvalue weighted by Gasteiger charge is 2.37. The number of aromatic nitrogens is 1. The third kappa shape index (κ3) is 6.12. The molecule has 0 bridgehead atoms. The zero-order valence-corrected chi connectivity index (χ0v) is 20.9. The number of ether oxygens (including phenoxy) is 2. The molecular formula is C27H32F3NO5. The number of carbonyl (C=O) groups is 1. The van der Waals surface area contributed by atoms with E-state index in [1.807, 2.05) is 39.0 Å². The van der Waals surface area contributed by atoms with E-state index in [1.165, 1.54) is 12.1 Å². The Balaban J connectivity index is 1.61. The number of carboxylic acids is 1. The minimum atomic E-state index is -4.59. The normalized spacial score (nSPS) is 13.5. The van der Waals surface area contributed by atoms with Gasteiger partial charge in [-0.2, -0.15) is 13.2 Å². The van der Waals surface area contributed by atoms with Crippen molar-refractivity contribution in [1.29, 1.82) is 0 Å². The molecule has 0 radical (unpaired) electrons. The van der Waals surface area contributed by atoms with Crippen molar-refractivity contribution in [2.75, 3.05) is 13.2 Å². The van der Waals surface area contributed by atoms with Gasteiger partial charge < -0.3 is 19.1 Å². The molecule has 36 heavy (non-hydrogen) atoms. The SMILES string of the molecule is CCCc1c(OCCCOc2ccc([C@H](C)[C@@H](C)C(=O)O)c(CC)c2)ccc2c(C(F)(F)F)noc12. The van der Waals surface area contributed by atoms with Crippen LogP contribution >= 0.6 is 0 Å². The molecule has 3 rings (SSSR count). The lowest BCUT2D eigenvalue weighted by molar-refractivity contribution is -0.142. The molecule has 1 heterocycles. The first kappa shape index (κ1) is 27.4. The molecule has 1 N–H and O–H groups in total. The zero-order chi connectivity index (χ0) is 26.5. The van der Waals surface area contributed by atoms with E-state index < -0.39 is 23.8 Å². The minimum absolute atomic E-state index is 0.0659. The maximum Gasteiger partial charge on any atom is 0.437 e. The van der Waals surface area contributed by atoms with Crippen molar-refractivity contribution in [3.8, 4) is 11.5 Å². The number of aliphatic carboxylic acids is 1. The van der Waals surface area contributed by atoms with Gasteiger partial charge in [0.1, 0.15) is 11.5 Å². The summed E-state index contributed by atoms with van der Waals surface area (Å²) in [7, 11) is 0. The highest BCUT2D eigenvalue weighted by Crippen LogP contribution is 2.38. The van der Waals surface area contributed by atoms with E-state index in [4.69, 9.17) is 14.0 Å². The van der Waals surface area contributed by atoms with Gasteiger partial charge in [0.2, 0.25) is 0 Å². The topological polar surface area (TPSA) is 81.8 Å². The van der Waals surface area contributed by atoms with Crippen molar-refractivity contribution in [3.05, 3.63) is 52.7 Å².